The zero-order valence-electron chi connectivity index (χ0n) is 10.9. The van der Waals surface area contributed by atoms with E-state index in [9.17, 15) is 0 Å². The van der Waals surface area contributed by atoms with Gasteiger partial charge in [0.05, 0.1) is 4.34 Å². The molecule has 0 radical (unpaired) electrons. The molecule has 1 aromatic heterocycles. The molecule has 0 bridgehead atoms. The average molecular weight is 292 g/mol. The minimum atomic E-state index is 0.523. The van der Waals surface area contributed by atoms with Crippen LogP contribution in [0.1, 0.15) is 34.9 Å². The first kappa shape index (κ1) is 13.2. The minimum absolute atomic E-state index is 0.523. The summed E-state index contributed by atoms with van der Waals surface area (Å²) in [5, 5.41) is 3.67. The molecule has 2 aromatic rings. The van der Waals surface area contributed by atoms with E-state index in [1.165, 1.54) is 35.3 Å². The second-order valence-electron chi connectivity index (χ2n) is 5.06. The smallest absolute Gasteiger partial charge is 0.0934 e. The zero-order chi connectivity index (χ0) is 13.1. The summed E-state index contributed by atoms with van der Waals surface area (Å²) in [4.78, 5) is 1.48. The Morgan fingerprint density at radius 2 is 2.11 bits per heavy atom. The molecule has 0 spiro atoms. The maximum absolute atomic E-state index is 6.08. The molecule has 3 heteroatoms. The van der Waals surface area contributed by atoms with Crippen molar-refractivity contribution < 1.29 is 0 Å². The third-order valence-electron chi connectivity index (χ3n) is 3.72. The van der Waals surface area contributed by atoms with E-state index in [0.29, 0.717) is 6.04 Å². The summed E-state index contributed by atoms with van der Waals surface area (Å²) < 4.78 is 0.931. The third kappa shape index (κ3) is 3.19. The summed E-state index contributed by atoms with van der Waals surface area (Å²) in [5.41, 5.74) is 2.87. The van der Waals surface area contributed by atoms with E-state index in [0.717, 1.165) is 17.3 Å². The molecule has 0 saturated heterocycles. The van der Waals surface area contributed by atoms with Crippen LogP contribution < -0.4 is 5.32 Å². The largest absolute Gasteiger partial charge is 0.310 e. The van der Waals surface area contributed by atoms with Gasteiger partial charge in [-0.05, 0) is 49.4 Å². The first-order valence-corrected chi connectivity index (χ1v) is 8.08. The number of halogens is 1. The topological polar surface area (TPSA) is 12.0 Å². The molecular weight excluding hydrogens is 274 g/mol. The Hall–Kier alpha value is -0.830. The van der Waals surface area contributed by atoms with Crippen LogP contribution in [0.2, 0.25) is 4.34 Å². The Bertz CT molecular complexity index is 535. The second-order valence-corrected chi connectivity index (χ2v) is 6.83. The fourth-order valence-electron chi connectivity index (χ4n) is 2.76. The lowest BCUT2D eigenvalue weighted by atomic mass is 10.1. The first-order valence-electron chi connectivity index (χ1n) is 6.88. The van der Waals surface area contributed by atoms with Crippen molar-refractivity contribution in [2.75, 3.05) is 6.54 Å². The summed E-state index contributed by atoms with van der Waals surface area (Å²) in [6.07, 6.45) is 4.75. The second kappa shape index (κ2) is 6.08. The first-order chi connectivity index (χ1) is 9.33. The number of aryl methyl sites for hydroxylation is 2. The van der Waals surface area contributed by atoms with Crippen molar-refractivity contribution in [1.29, 1.82) is 0 Å². The molecule has 1 aliphatic rings. The van der Waals surface area contributed by atoms with Crippen LogP contribution in [0.15, 0.2) is 36.4 Å². The molecule has 1 N–H and O–H groups in total. The van der Waals surface area contributed by atoms with E-state index in [1.54, 1.807) is 11.3 Å². The number of fused-ring (bicyclic) bond motifs is 1. The molecule has 19 heavy (non-hydrogen) atoms. The fourth-order valence-corrected chi connectivity index (χ4v) is 4.11. The highest BCUT2D eigenvalue weighted by atomic mass is 35.5. The number of nitrogens with one attached hydrogen (secondary N) is 1. The third-order valence-corrected chi connectivity index (χ3v) is 5.06. The normalized spacial score (nSPS) is 17.6. The quantitative estimate of drug-likeness (QED) is 0.793. The van der Waals surface area contributed by atoms with Crippen molar-refractivity contribution in [3.05, 3.63) is 56.7 Å². The maximum atomic E-state index is 6.08. The van der Waals surface area contributed by atoms with Crippen molar-refractivity contribution >= 4 is 22.9 Å². The lowest BCUT2D eigenvalue weighted by molar-refractivity contribution is 0.520. The molecule has 0 aliphatic heterocycles. The Balaban J connectivity index is 1.46. The van der Waals surface area contributed by atoms with Crippen LogP contribution in [0.4, 0.5) is 0 Å². The summed E-state index contributed by atoms with van der Waals surface area (Å²) in [5.74, 6) is 0. The van der Waals surface area contributed by atoms with Gasteiger partial charge in [-0.25, -0.2) is 0 Å². The Kier molecular flexibility index (Phi) is 4.21. The highest BCUT2D eigenvalue weighted by Gasteiger charge is 2.24. The van der Waals surface area contributed by atoms with Gasteiger partial charge in [-0.15, -0.1) is 11.3 Å². The summed E-state index contributed by atoms with van der Waals surface area (Å²) in [6.45, 7) is 1.08. The maximum Gasteiger partial charge on any atom is 0.0934 e. The van der Waals surface area contributed by atoms with Gasteiger partial charge in [0.1, 0.15) is 0 Å². The van der Waals surface area contributed by atoms with Gasteiger partial charge in [0.25, 0.3) is 0 Å². The molecule has 1 heterocycles. The van der Waals surface area contributed by atoms with Crippen LogP contribution in [0.3, 0.4) is 0 Å². The highest BCUT2D eigenvalue weighted by Crippen LogP contribution is 2.39. The molecule has 1 aliphatic carbocycles. The zero-order valence-corrected chi connectivity index (χ0v) is 12.4. The van der Waals surface area contributed by atoms with Gasteiger partial charge in [0, 0.05) is 10.9 Å². The molecule has 0 fully saturated rings. The summed E-state index contributed by atoms with van der Waals surface area (Å²) in [7, 11) is 0. The molecule has 0 saturated carbocycles. The number of benzene rings is 1. The van der Waals surface area contributed by atoms with Crippen molar-refractivity contribution in [2.24, 2.45) is 0 Å². The van der Waals surface area contributed by atoms with E-state index in [2.05, 4.69) is 41.7 Å². The van der Waals surface area contributed by atoms with E-state index >= 15 is 0 Å². The van der Waals surface area contributed by atoms with Gasteiger partial charge in [-0.2, -0.15) is 0 Å². The van der Waals surface area contributed by atoms with Crippen molar-refractivity contribution in [1.82, 2.24) is 5.32 Å². The molecule has 100 valence electrons. The number of hydrogen-bond donors (Lipinski definition) is 1. The Morgan fingerprint density at radius 3 is 2.95 bits per heavy atom. The molecule has 1 nitrogen and oxygen atoms in total. The van der Waals surface area contributed by atoms with Gasteiger partial charge >= 0.3 is 0 Å². The predicted octanol–water partition coefficient (Wildman–Crippen LogP) is 4.61. The lowest BCUT2D eigenvalue weighted by Gasteiger charge is -2.12. The SMILES string of the molecule is Clc1cc2c(s1)CCC2NCCCc1ccccc1. The van der Waals surface area contributed by atoms with Crippen LogP contribution in [-0.4, -0.2) is 6.54 Å². The van der Waals surface area contributed by atoms with Crippen LogP contribution in [0.25, 0.3) is 0 Å². The summed E-state index contributed by atoms with van der Waals surface area (Å²) in [6, 6.07) is 13.4. The van der Waals surface area contributed by atoms with Crippen LogP contribution in [-0.2, 0) is 12.8 Å². The van der Waals surface area contributed by atoms with Gasteiger partial charge in [-0.3, -0.25) is 0 Å². The van der Waals surface area contributed by atoms with E-state index in [-0.39, 0.29) is 0 Å². The van der Waals surface area contributed by atoms with Gasteiger partial charge in [0.15, 0.2) is 0 Å². The van der Waals surface area contributed by atoms with Gasteiger partial charge < -0.3 is 5.32 Å². The molecule has 1 unspecified atom stereocenters. The summed E-state index contributed by atoms with van der Waals surface area (Å²) >= 11 is 7.82. The van der Waals surface area contributed by atoms with Crippen LogP contribution in [0.5, 0.6) is 0 Å². The van der Waals surface area contributed by atoms with Gasteiger partial charge in [-0.1, -0.05) is 41.9 Å². The van der Waals surface area contributed by atoms with E-state index in [4.69, 9.17) is 11.6 Å². The Labute approximate surface area is 123 Å². The van der Waals surface area contributed by atoms with Crippen molar-refractivity contribution in [3.63, 3.8) is 0 Å². The molecule has 0 amide bonds. The number of thiophene rings is 1. The average Bonchev–Trinajstić information content (AvgIpc) is 2.96. The highest BCUT2D eigenvalue weighted by molar-refractivity contribution is 7.16. The van der Waals surface area contributed by atoms with Crippen LogP contribution >= 0.6 is 22.9 Å². The lowest BCUT2D eigenvalue weighted by Crippen LogP contribution is -2.20. The molecule has 1 atom stereocenters. The minimum Gasteiger partial charge on any atom is -0.310 e. The van der Waals surface area contributed by atoms with Crippen LogP contribution in [0, 0.1) is 0 Å². The molecule has 3 rings (SSSR count). The standard InChI is InChI=1S/C16H18ClNS/c17-16-11-13-14(8-9-15(13)19-16)18-10-4-7-12-5-2-1-3-6-12/h1-3,5-6,11,14,18H,4,7-10H2. The number of hydrogen-bond acceptors (Lipinski definition) is 2. The number of rotatable bonds is 5. The molecular formula is C16H18ClNS. The van der Waals surface area contributed by atoms with Crippen molar-refractivity contribution in [2.45, 2.75) is 31.7 Å². The van der Waals surface area contributed by atoms with Crippen molar-refractivity contribution in [3.8, 4) is 0 Å². The van der Waals surface area contributed by atoms with E-state index < -0.39 is 0 Å². The molecule has 1 aromatic carbocycles. The van der Waals surface area contributed by atoms with E-state index in [1.807, 2.05) is 0 Å². The Morgan fingerprint density at radius 1 is 1.26 bits per heavy atom. The predicted molar refractivity (Wildman–Crippen MR) is 83.2 cm³/mol. The van der Waals surface area contributed by atoms with Gasteiger partial charge in [0.2, 0.25) is 0 Å². The fraction of sp³-hybridized carbons (Fsp3) is 0.375. The monoisotopic (exact) mass is 291 g/mol.